The summed E-state index contributed by atoms with van der Waals surface area (Å²) in [5.74, 6) is 1.57. The molecule has 1 aromatic rings. The van der Waals surface area contributed by atoms with Gasteiger partial charge in [-0.25, -0.2) is 4.98 Å². The summed E-state index contributed by atoms with van der Waals surface area (Å²) in [5, 5.41) is 6.36. The Hall–Kier alpha value is -1.32. The van der Waals surface area contributed by atoms with E-state index >= 15 is 0 Å². The third-order valence-corrected chi connectivity index (χ3v) is 2.46. The zero-order chi connectivity index (χ0) is 12.0. The summed E-state index contributed by atoms with van der Waals surface area (Å²) < 4.78 is 0. The fourth-order valence-electron chi connectivity index (χ4n) is 1.59. The van der Waals surface area contributed by atoms with E-state index < -0.39 is 0 Å². The number of aryl methyl sites for hydroxylation is 1. The molecule has 0 amide bonds. The molecule has 0 spiro atoms. The molecule has 1 aromatic heterocycles. The Morgan fingerprint density at radius 2 is 2.12 bits per heavy atom. The number of rotatable bonds is 6. The maximum Gasteiger partial charge on any atom is 0.224 e. The van der Waals surface area contributed by atoms with Crippen LogP contribution in [0.5, 0.6) is 0 Å². The predicted octanol–water partition coefficient (Wildman–Crippen LogP) is 2.82. The highest BCUT2D eigenvalue weighted by atomic mass is 15.1. The van der Waals surface area contributed by atoms with Crippen molar-refractivity contribution in [1.82, 2.24) is 9.97 Å². The number of nitrogens with one attached hydrogen (secondary N) is 2. The van der Waals surface area contributed by atoms with Gasteiger partial charge >= 0.3 is 0 Å². The molecule has 0 fully saturated rings. The second kappa shape index (κ2) is 6.30. The van der Waals surface area contributed by atoms with Crippen LogP contribution in [0.25, 0.3) is 0 Å². The van der Waals surface area contributed by atoms with E-state index in [4.69, 9.17) is 0 Å². The molecule has 16 heavy (non-hydrogen) atoms. The van der Waals surface area contributed by atoms with Crippen molar-refractivity contribution in [3.8, 4) is 0 Å². The standard InChI is InChI=1S/C12H22N4/c1-5-6-7-9(2)14-11-8-10(3)15-12(13-4)16-11/h8-9H,5-7H2,1-4H3,(H2,13,14,15,16). The second-order valence-corrected chi connectivity index (χ2v) is 4.16. The van der Waals surface area contributed by atoms with Crippen LogP contribution in [0.4, 0.5) is 11.8 Å². The summed E-state index contributed by atoms with van der Waals surface area (Å²) in [5.41, 5.74) is 0.976. The molecule has 0 saturated heterocycles. The predicted molar refractivity (Wildman–Crippen MR) is 68.9 cm³/mol. The second-order valence-electron chi connectivity index (χ2n) is 4.16. The van der Waals surface area contributed by atoms with E-state index in [1.165, 1.54) is 19.3 Å². The number of nitrogens with zero attached hydrogens (tertiary/aromatic N) is 2. The Bertz CT molecular complexity index is 325. The lowest BCUT2D eigenvalue weighted by atomic mass is 10.1. The van der Waals surface area contributed by atoms with E-state index in [1.807, 2.05) is 20.0 Å². The highest BCUT2D eigenvalue weighted by molar-refractivity contribution is 5.42. The molecule has 0 radical (unpaired) electrons. The third-order valence-electron chi connectivity index (χ3n) is 2.46. The maximum absolute atomic E-state index is 4.37. The largest absolute Gasteiger partial charge is 0.367 e. The molecule has 2 N–H and O–H groups in total. The first-order chi connectivity index (χ1) is 7.65. The molecule has 1 atom stereocenters. The van der Waals surface area contributed by atoms with Crippen LogP contribution in [-0.4, -0.2) is 23.1 Å². The summed E-state index contributed by atoms with van der Waals surface area (Å²) in [6, 6.07) is 2.43. The van der Waals surface area contributed by atoms with Crippen molar-refractivity contribution < 1.29 is 0 Å². The van der Waals surface area contributed by atoms with Crippen LogP contribution in [0.1, 0.15) is 38.8 Å². The summed E-state index contributed by atoms with van der Waals surface area (Å²) in [4.78, 5) is 8.63. The molecule has 1 rings (SSSR count). The van der Waals surface area contributed by atoms with Crippen molar-refractivity contribution in [2.24, 2.45) is 0 Å². The zero-order valence-corrected chi connectivity index (χ0v) is 10.7. The van der Waals surface area contributed by atoms with Crippen molar-refractivity contribution >= 4 is 11.8 Å². The van der Waals surface area contributed by atoms with Gasteiger partial charge in [0.2, 0.25) is 5.95 Å². The number of aromatic nitrogens is 2. The fourth-order valence-corrected chi connectivity index (χ4v) is 1.59. The Morgan fingerprint density at radius 3 is 2.75 bits per heavy atom. The smallest absolute Gasteiger partial charge is 0.224 e. The van der Waals surface area contributed by atoms with Crippen LogP contribution in [-0.2, 0) is 0 Å². The van der Waals surface area contributed by atoms with Crippen LogP contribution in [0.15, 0.2) is 6.07 Å². The van der Waals surface area contributed by atoms with Crippen molar-refractivity contribution in [3.63, 3.8) is 0 Å². The van der Waals surface area contributed by atoms with E-state index in [-0.39, 0.29) is 0 Å². The van der Waals surface area contributed by atoms with Crippen LogP contribution in [0.3, 0.4) is 0 Å². The van der Waals surface area contributed by atoms with Crippen LogP contribution < -0.4 is 10.6 Å². The van der Waals surface area contributed by atoms with Gasteiger partial charge < -0.3 is 10.6 Å². The van der Waals surface area contributed by atoms with E-state index in [0.29, 0.717) is 12.0 Å². The Kier molecular flexibility index (Phi) is 5.02. The van der Waals surface area contributed by atoms with Gasteiger partial charge in [0.1, 0.15) is 5.82 Å². The first-order valence-corrected chi connectivity index (χ1v) is 5.95. The number of hydrogen-bond donors (Lipinski definition) is 2. The van der Waals surface area contributed by atoms with Crippen LogP contribution >= 0.6 is 0 Å². The molecule has 0 aliphatic rings. The highest BCUT2D eigenvalue weighted by Crippen LogP contribution is 2.12. The molecular formula is C12H22N4. The lowest BCUT2D eigenvalue weighted by molar-refractivity contribution is 0.643. The van der Waals surface area contributed by atoms with Gasteiger partial charge in [-0.05, 0) is 20.3 Å². The minimum absolute atomic E-state index is 0.457. The minimum Gasteiger partial charge on any atom is -0.367 e. The Morgan fingerprint density at radius 1 is 1.38 bits per heavy atom. The third kappa shape index (κ3) is 4.04. The van der Waals surface area contributed by atoms with Crippen molar-refractivity contribution in [2.45, 2.75) is 46.1 Å². The van der Waals surface area contributed by atoms with Crippen molar-refractivity contribution in [2.75, 3.05) is 17.7 Å². The van der Waals surface area contributed by atoms with Gasteiger partial charge in [0, 0.05) is 24.8 Å². The molecule has 1 heterocycles. The monoisotopic (exact) mass is 222 g/mol. The van der Waals surface area contributed by atoms with E-state index in [9.17, 15) is 0 Å². The zero-order valence-electron chi connectivity index (χ0n) is 10.7. The molecule has 0 aromatic carbocycles. The first-order valence-electron chi connectivity index (χ1n) is 5.95. The maximum atomic E-state index is 4.37. The Balaban J connectivity index is 2.61. The Labute approximate surface area is 97.9 Å². The first kappa shape index (κ1) is 12.7. The molecule has 4 nitrogen and oxygen atoms in total. The number of anilines is 2. The molecule has 4 heteroatoms. The van der Waals surface area contributed by atoms with Crippen LogP contribution in [0.2, 0.25) is 0 Å². The van der Waals surface area contributed by atoms with E-state index in [1.54, 1.807) is 0 Å². The van der Waals surface area contributed by atoms with Gasteiger partial charge in [-0.1, -0.05) is 19.8 Å². The van der Waals surface area contributed by atoms with Gasteiger partial charge in [0.25, 0.3) is 0 Å². The molecule has 0 saturated carbocycles. The lowest BCUT2D eigenvalue weighted by Crippen LogP contribution is -2.16. The fraction of sp³-hybridized carbons (Fsp3) is 0.667. The molecule has 0 bridgehead atoms. The van der Waals surface area contributed by atoms with Gasteiger partial charge in [-0.2, -0.15) is 4.98 Å². The van der Waals surface area contributed by atoms with E-state index in [2.05, 4.69) is 34.4 Å². The summed E-state index contributed by atoms with van der Waals surface area (Å²) in [6.45, 7) is 6.37. The normalized spacial score (nSPS) is 12.2. The molecular weight excluding hydrogens is 200 g/mol. The summed E-state index contributed by atoms with van der Waals surface area (Å²) in [7, 11) is 1.83. The van der Waals surface area contributed by atoms with Gasteiger partial charge in [0.15, 0.2) is 0 Å². The topological polar surface area (TPSA) is 49.8 Å². The molecule has 0 aliphatic carbocycles. The average molecular weight is 222 g/mol. The van der Waals surface area contributed by atoms with Crippen molar-refractivity contribution in [1.29, 1.82) is 0 Å². The quantitative estimate of drug-likeness (QED) is 0.777. The van der Waals surface area contributed by atoms with E-state index in [0.717, 1.165) is 11.5 Å². The molecule has 90 valence electrons. The van der Waals surface area contributed by atoms with Crippen LogP contribution in [0, 0.1) is 6.92 Å². The van der Waals surface area contributed by atoms with Crippen molar-refractivity contribution in [3.05, 3.63) is 11.8 Å². The number of hydrogen-bond acceptors (Lipinski definition) is 4. The van der Waals surface area contributed by atoms with Gasteiger partial charge in [-0.15, -0.1) is 0 Å². The number of unbranched alkanes of at least 4 members (excludes halogenated alkanes) is 1. The van der Waals surface area contributed by atoms with Gasteiger partial charge in [-0.3, -0.25) is 0 Å². The minimum atomic E-state index is 0.457. The highest BCUT2D eigenvalue weighted by Gasteiger charge is 2.04. The summed E-state index contributed by atoms with van der Waals surface area (Å²) in [6.07, 6.45) is 3.65. The molecule has 0 aliphatic heterocycles. The average Bonchev–Trinajstić information content (AvgIpc) is 2.25. The van der Waals surface area contributed by atoms with Gasteiger partial charge in [0.05, 0.1) is 0 Å². The SMILES string of the molecule is CCCCC(C)Nc1cc(C)nc(NC)n1. The summed E-state index contributed by atoms with van der Waals surface area (Å²) >= 11 is 0. The lowest BCUT2D eigenvalue weighted by Gasteiger charge is -2.14. The molecule has 1 unspecified atom stereocenters.